The maximum atomic E-state index is 14.4. The Morgan fingerprint density at radius 1 is 1.04 bits per heavy atom. The van der Waals surface area contributed by atoms with E-state index in [0.29, 0.717) is 24.2 Å². The van der Waals surface area contributed by atoms with Gasteiger partial charge in [0.1, 0.15) is 28.9 Å². The van der Waals surface area contributed by atoms with E-state index >= 15 is 0 Å². The number of hydrogen-bond acceptors (Lipinski definition) is 3. The molecule has 0 saturated carbocycles. The van der Waals surface area contributed by atoms with Crippen LogP contribution in [-0.2, 0) is 0 Å². The van der Waals surface area contributed by atoms with E-state index in [9.17, 15) is 13.2 Å². The molecular formula is C17H12ClF3N4. The predicted octanol–water partition coefficient (Wildman–Crippen LogP) is 4.82. The molecule has 0 N–H and O–H groups in total. The van der Waals surface area contributed by atoms with E-state index in [1.807, 2.05) is 6.08 Å². The van der Waals surface area contributed by atoms with E-state index in [-0.39, 0.29) is 16.5 Å². The van der Waals surface area contributed by atoms with Gasteiger partial charge in [0.25, 0.3) is 5.78 Å². The van der Waals surface area contributed by atoms with Crippen LogP contribution in [0.2, 0.25) is 5.15 Å². The molecule has 0 atom stereocenters. The number of nitrogens with zero attached hydrogens (tertiary/aromatic N) is 4. The van der Waals surface area contributed by atoms with Gasteiger partial charge >= 0.3 is 0 Å². The molecule has 0 unspecified atom stereocenters. The highest BCUT2D eigenvalue weighted by Gasteiger charge is 2.26. The molecule has 25 heavy (non-hydrogen) atoms. The highest BCUT2D eigenvalue weighted by molar-refractivity contribution is 6.32. The van der Waals surface area contributed by atoms with Crippen molar-refractivity contribution in [2.45, 2.75) is 25.7 Å². The van der Waals surface area contributed by atoms with Gasteiger partial charge in [-0.1, -0.05) is 17.7 Å². The van der Waals surface area contributed by atoms with Crippen LogP contribution in [0.5, 0.6) is 0 Å². The second-order valence-electron chi connectivity index (χ2n) is 5.82. The standard InChI is InChI=1S/C17H12ClF3N4/c18-16-14(13-11(20)6-10(19)7-12(13)21)15(9-4-2-1-3-5-9)25-17(24-16)22-8-23-25/h4,6-8H,1-3,5H2. The predicted molar refractivity (Wildman–Crippen MR) is 87.5 cm³/mol. The summed E-state index contributed by atoms with van der Waals surface area (Å²) in [6, 6.07) is 1.25. The molecular weight excluding hydrogens is 353 g/mol. The van der Waals surface area contributed by atoms with Crippen LogP contribution >= 0.6 is 11.6 Å². The van der Waals surface area contributed by atoms with Crippen molar-refractivity contribution in [1.29, 1.82) is 0 Å². The molecule has 1 aliphatic carbocycles. The van der Waals surface area contributed by atoms with Crippen molar-refractivity contribution in [2.24, 2.45) is 0 Å². The maximum absolute atomic E-state index is 14.4. The highest BCUT2D eigenvalue weighted by Crippen LogP contribution is 2.40. The van der Waals surface area contributed by atoms with Crippen LogP contribution < -0.4 is 0 Å². The van der Waals surface area contributed by atoms with Crippen molar-refractivity contribution in [3.05, 3.63) is 52.8 Å². The molecule has 0 bridgehead atoms. The number of fused-ring (bicyclic) bond motifs is 1. The number of aromatic nitrogens is 4. The molecule has 1 aliphatic rings. The van der Waals surface area contributed by atoms with Crippen LogP contribution in [-0.4, -0.2) is 19.6 Å². The van der Waals surface area contributed by atoms with Crippen molar-refractivity contribution in [3.63, 3.8) is 0 Å². The smallest absolute Gasteiger partial charge is 0.207 e. The number of rotatable bonds is 2. The van der Waals surface area contributed by atoms with E-state index in [1.54, 1.807) is 0 Å². The summed E-state index contributed by atoms with van der Waals surface area (Å²) in [5, 5.41) is 4.02. The Balaban J connectivity index is 2.10. The summed E-state index contributed by atoms with van der Waals surface area (Å²) in [6.45, 7) is 0. The molecule has 128 valence electrons. The maximum Gasteiger partial charge on any atom is 0.254 e. The molecule has 0 radical (unpaired) electrons. The first kappa shape index (κ1) is 16.1. The monoisotopic (exact) mass is 364 g/mol. The number of allylic oxidation sites excluding steroid dienone is 2. The van der Waals surface area contributed by atoms with Crippen molar-refractivity contribution in [1.82, 2.24) is 19.6 Å². The fraction of sp³-hybridized carbons (Fsp3) is 0.235. The molecule has 0 spiro atoms. The average molecular weight is 365 g/mol. The first-order valence-corrected chi connectivity index (χ1v) is 8.17. The molecule has 2 aromatic heterocycles. The van der Waals surface area contributed by atoms with Gasteiger partial charge in [-0.05, 0) is 31.3 Å². The van der Waals surface area contributed by atoms with Gasteiger partial charge in [-0.2, -0.15) is 19.6 Å². The number of hydrogen-bond donors (Lipinski definition) is 0. The van der Waals surface area contributed by atoms with Gasteiger partial charge in [0.15, 0.2) is 0 Å². The lowest BCUT2D eigenvalue weighted by Gasteiger charge is -2.19. The lowest BCUT2D eigenvalue weighted by atomic mass is 9.92. The molecule has 2 heterocycles. The number of halogens is 4. The molecule has 3 aromatic rings. The third kappa shape index (κ3) is 2.68. The molecule has 1 aromatic carbocycles. The largest absolute Gasteiger partial charge is 0.254 e. The van der Waals surface area contributed by atoms with Crippen molar-refractivity contribution < 1.29 is 13.2 Å². The van der Waals surface area contributed by atoms with Crippen LogP contribution in [0.4, 0.5) is 13.2 Å². The Hall–Kier alpha value is -2.41. The van der Waals surface area contributed by atoms with E-state index in [2.05, 4.69) is 15.1 Å². The Bertz CT molecular complexity index is 990. The molecule has 4 rings (SSSR count). The minimum atomic E-state index is -1.04. The second kappa shape index (κ2) is 6.15. The summed E-state index contributed by atoms with van der Waals surface area (Å²) in [7, 11) is 0. The van der Waals surface area contributed by atoms with Gasteiger partial charge in [-0.25, -0.2) is 13.2 Å². The summed E-state index contributed by atoms with van der Waals surface area (Å²) in [5.41, 5.74) is 0.946. The molecule has 0 amide bonds. The zero-order chi connectivity index (χ0) is 17.6. The van der Waals surface area contributed by atoms with Crippen LogP contribution in [0.3, 0.4) is 0 Å². The Labute approximate surface area is 146 Å². The first-order valence-electron chi connectivity index (χ1n) is 7.80. The average Bonchev–Trinajstić information content (AvgIpc) is 3.02. The Morgan fingerprint density at radius 2 is 1.80 bits per heavy atom. The lowest BCUT2D eigenvalue weighted by Crippen LogP contribution is -2.08. The minimum Gasteiger partial charge on any atom is -0.207 e. The van der Waals surface area contributed by atoms with Crippen molar-refractivity contribution >= 4 is 23.0 Å². The van der Waals surface area contributed by atoms with Crippen molar-refractivity contribution in [3.8, 4) is 11.1 Å². The zero-order valence-corrected chi connectivity index (χ0v) is 13.7. The molecule has 4 nitrogen and oxygen atoms in total. The Kier molecular flexibility index (Phi) is 3.95. The van der Waals surface area contributed by atoms with E-state index < -0.39 is 23.0 Å². The van der Waals surface area contributed by atoms with E-state index in [4.69, 9.17) is 11.6 Å². The molecule has 0 saturated heterocycles. The highest BCUT2D eigenvalue weighted by atomic mass is 35.5. The second-order valence-corrected chi connectivity index (χ2v) is 6.18. The fourth-order valence-electron chi connectivity index (χ4n) is 3.17. The molecule has 0 aliphatic heterocycles. The summed E-state index contributed by atoms with van der Waals surface area (Å²) < 4.78 is 43.6. The lowest BCUT2D eigenvalue weighted by molar-refractivity contribution is 0.547. The van der Waals surface area contributed by atoms with Gasteiger partial charge in [0.2, 0.25) is 0 Å². The zero-order valence-electron chi connectivity index (χ0n) is 12.9. The summed E-state index contributed by atoms with van der Waals surface area (Å²) in [5.74, 6) is -2.85. The quantitative estimate of drug-likeness (QED) is 0.612. The fourth-order valence-corrected chi connectivity index (χ4v) is 3.43. The topological polar surface area (TPSA) is 43.1 Å². The van der Waals surface area contributed by atoms with Gasteiger partial charge < -0.3 is 0 Å². The normalized spacial score (nSPS) is 14.8. The van der Waals surface area contributed by atoms with E-state index in [0.717, 1.165) is 24.8 Å². The SMILES string of the molecule is Fc1cc(F)c(-c2c(Cl)nc3ncnn3c2C2=CCCCC2)c(F)c1. The third-order valence-electron chi connectivity index (χ3n) is 4.23. The van der Waals surface area contributed by atoms with Crippen molar-refractivity contribution in [2.75, 3.05) is 0 Å². The summed E-state index contributed by atoms with van der Waals surface area (Å²) in [4.78, 5) is 8.08. The van der Waals surface area contributed by atoms with Crippen LogP contribution in [0, 0.1) is 17.5 Å². The van der Waals surface area contributed by atoms with Crippen LogP contribution in [0.25, 0.3) is 22.5 Å². The van der Waals surface area contributed by atoms with Gasteiger partial charge in [-0.15, -0.1) is 0 Å². The van der Waals surface area contributed by atoms with Crippen LogP contribution in [0.15, 0.2) is 24.5 Å². The minimum absolute atomic E-state index is 0.0582. The number of benzene rings is 1. The Morgan fingerprint density at radius 3 is 2.48 bits per heavy atom. The van der Waals surface area contributed by atoms with Gasteiger partial charge in [0, 0.05) is 12.1 Å². The summed E-state index contributed by atoms with van der Waals surface area (Å²) >= 11 is 6.26. The van der Waals surface area contributed by atoms with Crippen LogP contribution in [0.1, 0.15) is 31.4 Å². The third-order valence-corrected chi connectivity index (χ3v) is 4.51. The molecule has 0 fully saturated rings. The first-order chi connectivity index (χ1) is 12.1. The van der Waals surface area contributed by atoms with Gasteiger partial charge in [0.05, 0.1) is 16.8 Å². The van der Waals surface area contributed by atoms with E-state index in [1.165, 1.54) is 10.8 Å². The van der Waals surface area contributed by atoms with Gasteiger partial charge in [-0.3, -0.25) is 0 Å². The molecule has 8 heteroatoms. The summed E-state index contributed by atoms with van der Waals surface area (Å²) in [6.07, 6.45) is 6.84.